The van der Waals surface area contributed by atoms with E-state index in [1.54, 1.807) is 28.8 Å². The van der Waals surface area contributed by atoms with Gasteiger partial charge in [-0.15, -0.1) is 0 Å². The van der Waals surface area contributed by atoms with Crippen LogP contribution in [0.2, 0.25) is 0 Å². The SMILES string of the molecule is CCCc1nc2cc(F)c(=O)c(F)cc2n1Cc1ccc(-c2ccccc2C(=O)O)cc1. The Morgan fingerprint density at radius 2 is 1.72 bits per heavy atom. The van der Waals surface area contributed by atoms with Gasteiger partial charge in [-0.2, -0.15) is 0 Å². The van der Waals surface area contributed by atoms with E-state index >= 15 is 0 Å². The van der Waals surface area contributed by atoms with Crippen LogP contribution < -0.4 is 5.43 Å². The summed E-state index contributed by atoms with van der Waals surface area (Å²) in [6.45, 7) is 2.32. The molecular formula is C25H20F2N2O3. The van der Waals surface area contributed by atoms with Gasteiger partial charge in [-0.05, 0) is 29.2 Å². The number of fused-ring (bicyclic) bond motifs is 1. The summed E-state index contributed by atoms with van der Waals surface area (Å²) in [6, 6.07) is 16.1. The van der Waals surface area contributed by atoms with E-state index in [1.165, 1.54) is 0 Å². The van der Waals surface area contributed by atoms with E-state index in [4.69, 9.17) is 0 Å². The summed E-state index contributed by atoms with van der Waals surface area (Å²) in [4.78, 5) is 27.6. The van der Waals surface area contributed by atoms with Crippen LogP contribution in [0.4, 0.5) is 8.78 Å². The second-order valence-corrected chi connectivity index (χ2v) is 7.50. The molecule has 0 aliphatic carbocycles. The topological polar surface area (TPSA) is 72.2 Å². The maximum Gasteiger partial charge on any atom is 0.336 e. The van der Waals surface area contributed by atoms with Crippen molar-refractivity contribution >= 4 is 17.0 Å². The molecule has 1 N–H and O–H groups in total. The Morgan fingerprint density at radius 3 is 2.41 bits per heavy atom. The molecule has 0 radical (unpaired) electrons. The van der Waals surface area contributed by atoms with E-state index in [2.05, 4.69) is 4.98 Å². The molecule has 3 aromatic carbocycles. The molecule has 1 heterocycles. The predicted molar refractivity (Wildman–Crippen MR) is 118 cm³/mol. The molecule has 0 atom stereocenters. The molecule has 1 aromatic heterocycles. The summed E-state index contributed by atoms with van der Waals surface area (Å²) in [5.41, 5.74) is 1.72. The van der Waals surface area contributed by atoms with Gasteiger partial charge in [-0.1, -0.05) is 49.4 Å². The number of aromatic carboxylic acids is 1. The number of hydrogen-bond donors (Lipinski definition) is 1. The van der Waals surface area contributed by atoms with Gasteiger partial charge in [0.15, 0.2) is 11.6 Å². The Balaban J connectivity index is 1.76. The van der Waals surface area contributed by atoms with Crippen molar-refractivity contribution in [3.8, 4) is 11.1 Å². The van der Waals surface area contributed by atoms with Crippen molar-refractivity contribution in [2.24, 2.45) is 0 Å². The fourth-order valence-corrected chi connectivity index (χ4v) is 3.76. The Labute approximate surface area is 182 Å². The van der Waals surface area contributed by atoms with Gasteiger partial charge < -0.3 is 9.67 Å². The number of carbonyl (C=O) groups is 1. The minimum atomic E-state index is -1.28. The zero-order chi connectivity index (χ0) is 22.8. The van der Waals surface area contributed by atoms with Crippen LogP contribution in [0.25, 0.3) is 22.2 Å². The average molecular weight is 434 g/mol. The first kappa shape index (κ1) is 21.4. The number of aromatic nitrogens is 2. The summed E-state index contributed by atoms with van der Waals surface area (Å²) >= 11 is 0. The van der Waals surface area contributed by atoms with E-state index in [0.717, 1.165) is 29.7 Å². The number of rotatable bonds is 6. The summed E-state index contributed by atoms with van der Waals surface area (Å²) in [6.07, 6.45) is 1.40. The molecule has 0 saturated carbocycles. The van der Waals surface area contributed by atoms with Crippen LogP contribution in [0.3, 0.4) is 0 Å². The van der Waals surface area contributed by atoms with Crippen LogP contribution >= 0.6 is 0 Å². The zero-order valence-electron chi connectivity index (χ0n) is 17.3. The lowest BCUT2D eigenvalue weighted by Gasteiger charge is -2.11. The third kappa shape index (κ3) is 4.01. The molecule has 0 amide bonds. The van der Waals surface area contributed by atoms with Crippen molar-refractivity contribution in [3.05, 3.63) is 99.5 Å². The third-order valence-electron chi connectivity index (χ3n) is 5.31. The highest BCUT2D eigenvalue weighted by molar-refractivity contribution is 5.96. The van der Waals surface area contributed by atoms with Crippen molar-refractivity contribution in [2.45, 2.75) is 26.3 Å². The van der Waals surface area contributed by atoms with Gasteiger partial charge in [0.2, 0.25) is 5.43 Å². The number of imidazole rings is 1. The van der Waals surface area contributed by atoms with Crippen LogP contribution in [-0.2, 0) is 13.0 Å². The highest BCUT2D eigenvalue weighted by Gasteiger charge is 2.15. The maximum absolute atomic E-state index is 14.2. The molecule has 0 bridgehead atoms. The zero-order valence-corrected chi connectivity index (χ0v) is 17.3. The smallest absolute Gasteiger partial charge is 0.336 e. The van der Waals surface area contributed by atoms with Gasteiger partial charge in [0.25, 0.3) is 0 Å². The van der Waals surface area contributed by atoms with Gasteiger partial charge in [-0.3, -0.25) is 4.79 Å². The molecular weight excluding hydrogens is 414 g/mol. The standard InChI is InChI=1S/C25H20F2N2O3/c1-2-5-23-28-21-12-19(26)24(30)20(27)13-22(21)29(23)14-15-8-10-16(11-9-15)17-6-3-4-7-18(17)25(31)32/h3-4,6-13H,2,5,14H2,1H3,(H,31,32). The molecule has 4 rings (SSSR count). The lowest BCUT2D eigenvalue weighted by Crippen LogP contribution is -2.08. The minimum Gasteiger partial charge on any atom is -0.478 e. The Bertz CT molecular complexity index is 1380. The number of halogens is 2. The molecule has 0 spiro atoms. The molecule has 0 fully saturated rings. The largest absolute Gasteiger partial charge is 0.478 e. The van der Waals surface area contributed by atoms with Gasteiger partial charge >= 0.3 is 5.97 Å². The number of aryl methyl sites for hydroxylation is 1. The summed E-state index contributed by atoms with van der Waals surface area (Å²) < 4.78 is 29.9. The molecule has 7 heteroatoms. The molecule has 0 aliphatic heterocycles. The van der Waals surface area contributed by atoms with Crippen LogP contribution in [0, 0.1) is 11.6 Å². The maximum atomic E-state index is 14.2. The van der Waals surface area contributed by atoms with E-state index in [0.29, 0.717) is 29.9 Å². The molecule has 5 nitrogen and oxygen atoms in total. The van der Waals surface area contributed by atoms with E-state index in [9.17, 15) is 23.5 Å². The Kier molecular flexibility index (Phi) is 5.81. The molecule has 32 heavy (non-hydrogen) atoms. The monoisotopic (exact) mass is 434 g/mol. The second kappa shape index (κ2) is 8.70. The fraction of sp³-hybridized carbons (Fsp3) is 0.160. The van der Waals surface area contributed by atoms with Crippen LogP contribution in [0.1, 0.15) is 35.1 Å². The third-order valence-corrected chi connectivity index (χ3v) is 5.31. The number of hydrogen-bond acceptors (Lipinski definition) is 3. The second-order valence-electron chi connectivity index (χ2n) is 7.50. The normalized spacial score (nSPS) is 11.1. The van der Waals surface area contributed by atoms with Gasteiger partial charge in [0, 0.05) is 25.1 Å². The first-order valence-corrected chi connectivity index (χ1v) is 10.2. The number of benzene rings is 2. The summed E-state index contributed by atoms with van der Waals surface area (Å²) in [5.74, 6) is -2.67. The van der Waals surface area contributed by atoms with Crippen LogP contribution in [-0.4, -0.2) is 20.6 Å². The summed E-state index contributed by atoms with van der Waals surface area (Å²) in [5, 5.41) is 9.43. The highest BCUT2D eigenvalue weighted by Crippen LogP contribution is 2.25. The first-order chi connectivity index (χ1) is 15.4. The summed E-state index contributed by atoms with van der Waals surface area (Å²) in [7, 11) is 0. The highest BCUT2D eigenvalue weighted by atomic mass is 19.1. The Morgan fingerprint density at radius 1 is 1.03 bits per heavy atom. The average Bonchev–Trinajstić information content (AvgIpc) is 3.04. The quantitative estimate of drug-likeness (QED) is 0.461. The van der Waals surface area contributed by atoms with Gasteiger partial charge in [0.1, 0.15) is 5.82 Å². The van der Waals surface area contributed by atoms with Crippen molar-refractivity contribution < 1.29 is 18.7 Å². The van der Waals surface area contributed by atoms with E-state index in [1.807, 2.05) is 31.2 Å². The minimum absolute atomic E-state index is 0.213. The number of carboxylic acids is 1. The first-order valence-electron chi connectivity index (χ1n) is 10.2. The molecule has 162 valence electrons. The number of carboxylic acid groups (broad SMARTS) is 1. The fourth-order valence-electron chi connectivity index (χ4n) is 3.76. The lowest BCUT2D eigenvalue weighted by atomic mass is 9.99. The van der Waals surface area contributed by atoms with Crippen LogP contribution in [0.5, 0.6) is 0 Å². The van der Waals surface area contributed by atoms with E-state index < -0.39 is 23.0 Å². The van der Waals surface area contributed by atoms with Crippen molar-refractivity contribution in [1.29, 1.82) is 0 Å². The van der Waals surface area contributed by atoms with Crippen molar-refractivity contribution in [2.75, 3.05) is 0 Å². The van der Waals surface area contributed by atoms with Crippen LogP contribution in [0.15, 0.2) is 65.5 Å². The molecule has 0 saturated heterocycles. The molecule has 4 aromatic rings. The lowest BCUT2D eigenvalue weighted by molar-refractivity contribution is 0.0697. The number of nitrogens with zero attached hydrogens (tertiary/aromatic N) is 2. The van der Waals surface area contributed by atoms with Crippen molar-refractivity contribution in [3.63, 3.8) is 0 Å². The van der Waals surface area contributed by atoms with Gasteiger partial charge in [-0.25, -0.2) is 18.6 Å². The van der Waals surface area contributed by atoms with Gasteiger partial charge in [0.05, 0.1) is 16.6 Å². The van der Waals surface area contributed by atoms with Crippen molar-refractivity contribution in [1.82, 2.24) is 9.55 Å². The molecule has 0 aliphatic rings. The van der Waals surface area contributed by atoms with E-state index in [-0.39, 0.29) is 11.1 Å². The predicted octanol–water partition coefficient (Wildman–Crippen LogP) is 5.04. The molecule has 0 unspecified atom stereocenters. The Hall–Kier alpha value is -3.87.